The first-order valence-electron chi connectivity index (χ1n) is 7.04. The van der Waals surface area contributed by atoms with Crippen LogP contribution in [-0.2, 0) is 11.2 Å². The van der Waals surface area contributed by atoms with E-state index in [0.29, 0.717) is 12.2 Å². The van der Waals surface area contributed by atoms with Crippen LogP contribution in [0.4, 0.5) is 0 Å². The Morgan fingerprint density at radius 3 is 2.84 bits per heavy atom. The monoisotopic (exact) mass is 253 g/mol. The second-order valence-electron chi connectivity index (χ2n) is 5.32. The second-order valence-corrected chi connectivity index (χ2v) is 5.32. The van der Waals surface area contributed by atoms with Gasteiger partial charge in [-0.25, -0.2) is 0 Å². The molecule has 0 aliphatic carbocycles. The zero-order valence-corrected chi connectivity index (χ0v) is 11.1. The average molecular weight is 253 g/mol. The van der Waals surface area contributed by atoms with Gasteiger partial charge in [0.2, 0.25) is 0 Å². The fourth-order valence-electron chi connectivity index (χ4n) is 2.91. The molecule has 0 spiro atoms. The first-order chi connectivity index (χ1) is 9.34. The molecule has 2 heteroatoms. The van der Waals surface area contributed by atoms with Gasteiger partial charge in [-0.2, -0.15) is 0 Å². The number of hydrogen-bond acceptors (Lipinski definition) is 2. The number of piperidine rings is 1. The van der Waals surface area contributed by atoms with Crippen LogP contribution in [0.3, 0.4) is 0 Å². The molecule has 1 aliphatic rings. The molecule has 2 aromatic rings. The third-order valence-corrected chi connectivity index (χ3v) is 4.00. The molecule has 0 bridgehead atoms. The molecule has 1 unspecified atom stereocenters. The van der Waals surface area contributed by atoms with Crippen LogP contribution in [0.15, 0.2) is 42.5 Å². The third-order valence-electron chi connectivity index (χ3n) is 4.00. The molecular formula is C17H19NO. The SMILES string of the molecule is O=C(Cc1cccc2ccccc12)C1CCCNC1. The predicted octanol–water partition coefficient (Wildman–Crippen LogP) is 2.95. The number of carbonyl (C=O) groups is 1. The summed E-state index contributed by atoms with van der Waals surface area (Å²) in [6.07, 6.45) is 2.72. The van der Waals surface area contributed by atoms with Crippen molar-refractivity contribution in [2.24, 2.45) is 5.92 Å². The summed E-state index contributed by atoms with van der Waals surface area (Å²) in [5, 5.41) is 5.75. The van der Waals surface area contributed by atoms with E-state index in [4.69, 9.17) is 0 Å². The van der Waals surface area contributed by atoms with Gasteiger partial charge in [-0.3, -0.25) is 4.79 Å². The van der Waals surface area contributed by atoms with E-state index in [1.165, 1.54) is 10.8 Å². The van der Waals surface area contributed by atoms with Gasteiger partial charge in [-0.05, 0) is 35.7 Å². The van der Waals surface area contributed by atoms with Gasteiger partial charge in [0.05, 0.1) is 0 Å². The van der Waals surface area contributed by atoms with E-state index in [9.17, 15) is 4.79 Å². The molecule has 0 amide bonds. The number of fused-ring (bicyclic) bond motifs is 1. The Bertz CT molecular complexity index is 579. The first-order valence-corrected chi connectivity index (χ1v) is 7.04. The molecule has 3 rings (SSSR count). The number of carbonyl (C=O) groups excluding carboxylic acids is 1. The van der Waals surface area contributed by atoms with E-state index in [1.807, 2.05) is 18.2 Å². The van der Waals surface area contributed by atoms with Crippen molar-refractivity contribution in [3.8, 4) is 0 Å². The summed E-state index contributed by atoms with van der Waals surface area (Å²) < 4.78 is 0. The minimum Gasteiger partial charge on any atom is -0.316 e. The molecule has 1 N–H and O–H groups in total. The maximum absolute atomic E-state index is 12.4. The average Bonchev–Trinajstić information content (AvgIpc) is 2.48. The van der Waals surface area contributed by atoms with Crippen LogP contribution in [0.2, 0.25) is 0 Å². The van der Waals surface area contributed by atoms with Gasteiger partial charge in [-0.1, -0.05) is 42.5 Å². The maximum atomic E-state index is 12.4. The lowest BCUT2D eigenvalue weighted by Crippen LogP contribution is -2.35. The number of benzene rings is 2. The fraction of sp³-hybridized carbons (Fsp3) is 0.353. The molecule has 0 aromatic heterocycles. The summed E-state index contributed by atoms with van der Waals surface area (Å²) >= 11 is 0. The topological polar surface area (TPSA) is 29.1 Å². The first kappa shape index (κ1) is 12.4. The van der Waals surface area contributed by atoms with Crippen molar-refractivity contribution in [3.63, 3.8) is 0 Å². The number of ketones is 1. The van der Waals surface area contributed by atoms with E-state index >= 15 is 0 Å². The Morgan fingerprint density at radius 2 is 2.00 bits per heavy atom. The third kappa shape index (κ3) is 2.69. The molecule has 0 saturated carbocycles. The molecule has 2 nitrogen and oxygen atoms in total. The zero-order valence-electron chi connectivity index (χ0n) is 11.1. The van der Waals surface area contributed by atoms with Crippen molar-refractivity contribution in [3.05, 3.63) is 48.0 Å². The number of Topliss-reactive ketones (excluding diaryl/α,β-unsaturated/α-hetero) is 1. The van der Waals surface area contributed by atoms with Crippen molar-refractivity contribution >= 4 is 16.6 Å². The molecule has 1 fully saturated rings. The summed E-state index contributed by atoms with van der Waals surface area (Å²) in [6, 6.07) is 14.5. The van der Waals surface area contributed by atoms with Crippen molar-refractivity contribution in [1.82, 2.24) is 5.32 Å². The van der Waals surface area contributed by atoms with Crippen molar-refractivity contribution in [1.29, 1.82) is 0 Å². The predicted molar refractivity (Wildman–Crippen MR) is 78.3 cm³/mol. The molecule has 1 atom stereocenters. The highest BCUT2D eigenvalue weighted by Crippen LogP contribution is 2.21. The number of nitrogens with one attached hydrogen (secondary N) is 1. The minimum atomic E-state index is 0.202. The molecule has 98 valence electrons. The van der Waals surface area contributed by atoms with Crippen LogP contribution in [0.5, 0.6) is 0 Å². The van der Waals surface area contributed by atoms with E-state index in [0.717, 1.165) is 31.5 Å². The van der Waals surface area contributed by atoms with Gasteiger partial charge >= 0.3 is 0 Å². The van der Waals surface area contributed by atoms with Crippen molar-refractivity contribution < 1.29 is 4.79 Å². The van der Waals surface area contributed by atoms with Crippen molar-refractivity contribution in [2.45, 2.75) is 19.3 Å². The number of rotatable bonds is 3. The second kappa shape index (κ2) is 5.54. The van der Waals surface area contributed by atoms with Crippen LogP contribution in [0.25, 0.3) is 10.8 Å². The summed E-state index contributed by atoms with van der Waals surface area (Å²) in [5.74, 6) is 0.580. The van der Waals surface area contributed by atoms with Crippen LogP contribution in [0.1, 0.15) is 18.4 Å². The van der Waals surface area contributed by atoms with Crippen LogP contribution < -0.4 is 5.32 Å². The van der Waals surface area contributed by atoms with E-state index < -0.39 is 0 Å². The largest absolute Gasteiger partial charge is 0.316 e. The maximum Gasteiger partial charge on any atom is 0.141 e. The number of hydrogen-bond donors (Lipinski definition) is 1. The Labute approximate surface area is 113 Å². The summed E-state index contributed by atoms with van der Waals surface area (Å²) in [5.41, 5.74) is 1.16. The molecule has 19 heavy (non-hydrogen) atoms. The lowest BCUT2D eigenvalue weighted by Gasteiger charge is -2.21. The quantitative estimate of drug-likeness (QED) is 0.911. The Kier molecular flexibility index (Phi) is 3.60. The fourth-order valence-corrected chi connectivity index (χ4v) is 2.91. The summed E-state index contributed by atoms with van der Waals surface area (Å²) in [4.78, 5) is 12.4. The van der Waals surface area contributed by atoms with Gasteiger partial charge in [0.1, 0.15) is 5.78 Å². The normalized spacial score (nSPS) is 19.5. The van der Waals surface area contributed by atoms with Gasteiger partial charge < -0.3 is 5.32 Å². The zero-order chi connectivity index (χ0) is 13.1. The highest BCUT2D eigenvalue weighted by atomic mass is 16.1. The molecule has 0 radical (unpaired) electrons. The lowest BCUT2D eigenvalue weighted by atomic mass is 9.90. The highest BCUT2D eigenvalue weighted by molar-refractivity contribution is 5.91. The molecule has 1 heterocycles. The Morgan fingerprint density at radius 1 is 1.16 bits per heavy atom. The van der Waals surface area contributed by atoms with Crippen LogP contribution in [-0.4, -0.2) is 18.9 Å². The summed E-state index contributed by atoms with van der Waals surface area (Å²) in [7, 11) is 0. The van der Waals surface area contributed by atoms with Gasteiger partial charge in [0.25, 0.3) is 0 Å². The van der Waals surface area contributed by atoms with Gasteiger partial charge in [0.15, 0.2) is 0 Å². The van der Waals surface area contributed by atoms with Crippen LogP contribution >= 0.6 is 0 Å². The molecular weight excluding hydrogens is 234 g/mol. The summed E-state index contributed by atoms with van der Waals surface area (Å²) in [6.45, 7) is 1.90. The van der Waals surface area contributed by atoms with Gasteiger partial charge in [-0.15, -0.1) is 0 Å². The van der Waals surface area contributed by atoms with Crippen LogP contribution in [0, 0.1) is 5.92 Å². The Balaban J connectivity index is 1.82. The lowest BCUT2D eigenvalue weighted by molar-refractivity contribution is -0.122. The minimum absolute atomic E-state index is 0.202. The smallest absolute Gasteiger partial charge is 0.141 e. The Hall–Kier alpha value is -1.67. The molecule has 1 aliphatic heterocycles. The van der Waals surface area contributed by atoms with E-state index in [2.05, 4.69) is 29.6 Å². The van der Waals surface area contributed by atoms with Gasteiger partial charge in [0, 0.05) is 18.9 Å². The standard InChI is InChI=1S/C17H19NO/c19-17(15-8-4-10-18-12-15)11-14-7-3-6-13-5-1-2-9-16(13)14/h1-3,5-7,9,15,18H,4,8,10-12H2. The highest BCUT2D eigenvalue weighted by Gasteiger charge is 2.21. The van der Waals surface area contributed by atoms with E-state index in [-0.39, 0.29) is 5.92 Å². The van der Waals surface area contributed by atoms with E-state index in [1.54, 1.807) is 0 Å². The molecule has 2 aromatic carbocycles. The van der Waals surface area contributed by atoms with Crippen molar-refractivity contribution in [2.75, 3.05) is 13.1 Å². The molecule has 1 saturated heterocycles.